The van der Waals surface area contributed by atoms with Crippen LogP contribution in [-0.4, -0.2) is 127 Å². The van der Waals surface area contributed by atoms with Crippen molar-refractivity contribution in [3.8, 4) is 0 Å². The van der Waals surface area contributed by atoms with Gasteiger partial charge >= 0.3 is 5.97 Å². The Morgan fingerprint density at radius 3 is 2.17 bits per heavy atom. The molecule has 1 fully saturated rings. The topological polar surface area (TPSA) is 283 Å². The quantitative estimate of drug-likeness (QED) is 0.0157. The number of anilines is 1. The lowest BCUT2D eigenvalue weighted by Gasteiger charge is -2.27. The summed E-state index contributed by atoms with van der Waals surface area (Å²) in [6.07, 6.45) is 17.4. The van der Waals surface area contributed by atoms with E-state index >= 15 is 0 Å². The van der Waals surface area contributed by atoms with Crippen LogP contribution in [0, 0.1) is 0 Å². The number of primary amides is 1. The number of rotatable bonds is 25. The van der Waals surface area contributed by atoms with E-state index in [0.29, 0.717) is 82.6 Å². The number of nitrogens with zero attached hydrogens (tertiary/aromatic N) is 4. The number of ether oxygens (including phenoxy) is 1. The van der Waals surface area contributed by atoms with Crippen molar-refractivity contribution in [1.29, 1.82) is 0 Å². The Labute approximate surface area is 440 Å². The Hall–Kier alpha value is -6.49. The minimum absolute atomic E-state index is 0.0884. The number of nitrogens with two attached hydrogens (primary N) is 1. The van der Waals surface area contributed by atoms with Gasteiger partial charge in [-0.3, -0.25) is 38.5 Å². The van der Waals surface area contributed by atoms with Gasteiger partial charge < -0.3 is 25.6 Å². The lowest BCUT2D eigenvalue weighted by atomic mass is 9.80. The summed E-state index contributed by atoms with van der Waals surface area (Å²) in [4.78, 5) is 78.3. The van der Waals surface area contributed by atoms with E-state index in [-0.39, 0.29) is 34.6 Å². The molecule has 0 saturated carbocycles. The third-order valence-corrected chi connectivity index (χ3v) is 15.4. The summed E-state index contributed by atoms with van der Waals surface area (Å²) in [7, 11) is -8.82. The normalized spacial score (nSPS) is 17.5. The van der Waals surface area contributed by atoms with Gasteiger partial charge in [0.1, 0.15) is 19.1 Å². The van der Waals surface area contributed by atoms with Crippen molar-refractivity contribution in [2.24, 2.45) is 5.73 Å². The Morgan fingerprint density at radius 2 is 1.51 bits per heavy atom. The fourth-order valence-electron chi connectivity index (χ4n) is 9.86. The smallest absolute Gasteiger partial charge is 0.330 e. The molecule has 2 aromatic carbocycles. The lowest BCUT2D eigenvalue weighted by molar-refractivity contribution is -0.435. The Morgan fingerprint density at radius 1 is 0.840 bits per heavy atom. The molecule has 0 radical (unpaired) electrons. The number of amides is 5. The fourth-order valence-corrected chi connectivity index (χ4v) is 10.9. The zero-order chi connectivity index (χ0) is 55.3. The van der Waals surface area contributed by atoms with Crippen molar-refractivity contribution in [3.63, 3.8) is 0 Å². The average Bonchev–Trinajstić information content (AvgIpc) is 3.98. The molecular weight excluding hydrogens is 1010 g/mol. The van der Waals surface area contributed by atoms with Crippen LogP contribution >= 0.6 is 0 Å². The zero-order valence-corrected chi connectivity index (χ0v) is 45.3. The monoisotopic (exact) mass is 1080 g/mol. The van der Waals surface area contributed by atoms with Crippen molar-refractivity contribution in [1.82, 2.24) is 20.7 Å². The predicted molar refractivity (Wildman–Crippen MR) is 282 cm³/mol. The molecule has 0 aromatic heterocycles. The van der Waals surface area contributed by atoms with E-state index in [1.807, 2.05) is 65.0 Å². The van der Waals surface area contributed by atoms with Crippen molar-refractivity contribution in [2.45, 2.75) is 139 Å². The van der Waals surface area contributed by atoms with Gasteiger partial charge in [0.2, 0.25) is 23.4 Å². The highest BCUT2D eigenvalue weighted by Gasteiger charge is 2.45. The number of nitrogens with one attached hydrogen (secondary N) is 2. The maximum Gasteiger partial charge on any atom is 0.330 e. The van der Waals surface area contributed by atoms with Crippen molar-refractivity contribution < 1.29 is 64.0 Å². The summed E-state index contributed by atoms with van der Waals surface area (Å²) in [6.45, 7) is 13.2. The van der Waals surface area contributed by atoms with Gasteiger partial charge in [-0.1, -0.05) is 51.0 Å². The second kappa shape index (κ2) is 25.8. The maximum absolute atomic E-state index is 13.2. The fraction of sp³-hybridized carbons (Fsp3) is 0.491. The molecule has 0 bridgehead atoms. The van der Waals surface area contributed by atoms with Gasteiger partial charge in [0.05, 0.1) is 21.8 Å². The second-order valence-electron chi connectivity index (χ2n) is 19.6. The highest BCUT2D eigenvalue weighted by molar-refractivity contribution is 7.86. The number of benzene rings is 2. The molecule has 22 heteroatoms. The number of hydrogen-bond donors (Lipinski definition) is 5. The first-order valence-corrected chi connectivity index (χ1v) is 28.2. The summed E-state index contributed by atoms with van der Waals surface area (Å²) >= 11 is 0. The maximum atomic E-state index is 13.2. The molecule has 5 rings (SSSR count). The van der Waals surface area contributed by atoms with Gasteiger partial charge in [0.25, 0.3) is 32.1 Å². The number of hydrogen-bond acceptors (Lipinski definition) is 12. The van der Waals surface area contributed by atoms with Crippen LogP contribution in [0.2, 0.25) is 0 Å². The molecule has 0 spiro atoms. The molecule has 20 nitrogen and oxygen atoms in total. The summed E-state index contributed by atoms with van der Waals surface area (Å²) in [5.74, 6) is -3.55. The zero-order valence-electron chi connectivity index (χ0n) is 43.7. The highest BCUT2D eigenvalue weighted by Crippen LogP contribution is 2.49. The van der Waals surface area contributed by atoms with Crippen LogP contribution in [-0.2, 0) is 64.6 Å². The molecule has 0 unspecified atom stereocenters. The summed E-state index contributed by atoms with van der Waals surface area (Å²) in [6, 6.07) is 8.43. The number of carbonyl (C=O) groups is 6. The van der Waals surface area contributed by atoms with Gasteiger partial charge in [0.15, 0.2) is 5.71 Å². The molecule has 1 saturated heterocycles. The molecule has 3 aliphatic heterocycles. The van der Waals surface area contributed by atoms with Crippen LogP contribution in [0.4, 0.5) is 11.4 Å². The third-order valence-electron chi connectivity index (χ3n) is 13.7. The van der Waals surface area contributed by atoms with Crippen LogP contribution in [0.5, 0.6) is 0 Å². The molecule has 2 aromatic rings. The number of likely N-dealkylation sites (tertiary alicyclic amines) is 1. The lowest BCUT2D eigenvalue weighted by Crippen LogP contribution is -2.55. The molecule has 408 valence electrons. The second-order valence-corrected chi connectivity index (χ2v) is 22.5. The van der Waals surface area contributed by atoms with Crippen LogP contribution in [0.1, 0.15) is 123 Å². The van der Waals surface area contributed by atoms with Crippen LogP contribution in [0.25, 0.3) is 0 Å². The number of esters is 1. The highest BCUT2D eigenvalue weighted by atomic mass is 32.2. The van der Waals surface area contributed by atoms with Gasteiger partial charge in [-0.25, -0.2) is 9.80 Å². The van der Waals surface area contributed by atoms with E-state index in [1.54, 1.807) is 25.1 Å². The SMILES string of the molecule is CCOC(=O)/C=C/C(=O)N(CC(N)=O)NC(=O)[C@@H]1CCCN1C(=O)CCCCCNC(=O)CCCCCN1/C(=C/C=C/C=C/CC2=[N+](CC)c3ccc(S(=O)(=O)O)cc3C2(C)C)C(C)(C)c2cc(S(=O)(=O)O)ccc21. The van der Waals surface area contributed by atoms with E-state index in [2.05, 4.69) is 20.2 Å². The van der Waals surface area contributed by atoms with Crippen LogP contribution in [0.15, 0.2) is 94.4 Å². The van der Waals surface area contributed by atoms with Crippen LogP contribution < -0.4 is 21.4 Å². The van der Waals surface area contributed by atoms with Gasteiger partial charge in [0, 0.05) is 79.5 Å². The Kier molecular flexibility index (Phi) is 20.5. The van der Waals surface area contributed by atoms with Gasteiger partial charge in [-0.05, 0) is 108 Å². The van der Waals surface area contributed by atoms with E-state index in [4.69, 9.17) is 10.5 Å². The number of unbranched alkanes of at least 4 members (excludes halogenated alkanes) is 4. The van der Waals surface area contributed by atoms with E-state index in [0.717, 1.165) is 58.9 Å². The number of hydrazine groups is 1. The molecule has 3 heterocycles. The van der Waals surface area contributed by atoms with Crippen molar-refractivity contribution in [2.75, 3.05) is 44.2 Å². The molecule has 6 N–H and O–H groups in total. The minimum Gasteiger partial charge on any atom is -0.463 e. The van der Waals surface area contributed by atoms with Crippen molar-refractivity contribution in [3.05, 3.63) is 95.8 Å². The predicted octanol–water partition coefficient (Wildman–Crippen LogP) is 5.45. The van der Waals surface area contributed by atoms with E-state index in [9.17, 15) is 54.7 Å². The molecular formula is C53H72N7O13S2+. The van der Waals surface area contributed by atoms with Crippen molar-refractivity contribution >= 4 is 72.8 Å². The number of carbonyl (C=O) groups excluding carboxylic acids is 6. The Balaban J connectivity index is 1.08. The van der Waals surface area contributed by atoms with E-state index < -0.39 is 67.3 Å². The largest absolute Gasteiger partial charge is 0.463 e. The van der Waals surface area contributed by atoms with Gasteiger partial charge in [-0.2, -0.15) is 21.4 Å². The first-order chi connectivity index (χ1) is 35.3. The number of allylic oxidation sites excluding steroid dienone is 6. The average molecular weight is 1080 g/mol. The summed E-state index contributed by atoms with van der Waals surface area (Å²) < 4.78 is 74.6. The molecule has 1 atom stereocenters. The molecule has 75 heavy (non-hydrogen) atoms. The molecule has 3 aliphatic rings. The van der Waals surface area contributed by atoms with Gasteiger partial charge in [-0.15, -0.1) is 0 Å². The first kappa shape index (κ1) is 59.4. The Bertz CT molecular complexity index is 2890. The molecule has 5 amide bonds. The summed E-state index contributed by atoms with van der Waals surface area (Å²) in [5, 5.41) is 3.63. The minimum atomic E-state index is -4.45. The standard InChI is InChI=1S/C53H71N7O13S2/c1-7-57-41-27-25-37(74(67,68)69)34-39(41)52(3,4)44(57)21-13-9-10-14-22-45-53(5,6)40-35-38(75(70,71)72)26-28-42(40)58(45)32-18-12-15-23-47(62)55-31-17-11-16-24-48(63)59-33-19-20-43(59)51(66)56-60(36-46(54)61)49(64)29-30-50(65)73-8-2/h9-10,13-14,22,25-30,34-35,43H,7-8,11-12,15-21,23-24,31-33,36H2,1-6H3,(H5-,54,55,56,61,62,66,67,68,69,70,71,72)/p+1/b13-9+,14-10+,30-29+,45-22+/t43-/m0/s1. The van der Waals surface area contributed by atoms with Crippen LogP contribution in [0.3, 0.4) is 0 Å². The summed E-state index contributed by atoms with van der Waals surface area (Å²) in [5.41, 5.74) is 11.8. The van der Waals surface area contributed by atoms with E-state index in [1.165, 1.54) is 23.1 Å². The molecule has 0 aliphatic carbocycles. The number of fused-ring (bicyclic) bond motifs is 2. The first-order valence-electron chi connectivity index (χ1n) is 25.3. The third kappa shape index (κ3) is 15.3.